The number of carbonyl (C=O) groups is 2. The summed E-state index contributed by atoms with van der Waals surface area (Å²) in [6.07, 6.45) is 4.71. The lowest BCUT2D eigenvalue weighted by molar-refractivity contribution is -0.140. The highest BCUT2D eigenvalue weighted by Crippen LogP contribution is 2.50. The number of hydrogen-bond acceptors (Lipinski definition) is 5. The second-order valence-corrected chi connectivity index (χ2v) is 11.4. The number of likely N-dealkylation sites (tertiary alicyclic amines) is 1. The molecule has 1 N–H and O–H groups in total. The second-order valence-electron chi connectivity index (χ2n) is 11.4. The Bertz CT molecular complexity index is 1500. The molecule has 2 aliphatic heterocycles. The third kappa shape index (κ3) is 5.64. The molecule has 3 aromatic carbocycles. The van der Waals surface area contributed by atoms with Crippen LogP contribution in [0.5, 0.6) is 11.5 Å². The Morgan fingerprint density at radius 3 is 2.48 bits per heavy atom. The van der Waals surface area contributed by atoms with Crippen molar-refractivity contribution in [3.8, 4) is 11.5 Å². The Balaban J connectivity index is 1.30. The van der Waals surface area contributed by atoms with Gasteiger partial charge in [0.2, 0.25) is 11.8 Å². The summed E-state index contributed by atoms with van der Waals surface area (Å²) < 4.78 is 12.7. The minimum Gasteiger partial charge on any atom is -0.508 e. The van der Waals surface area contributed by atoms with Crippen LogP contribution < -0.4 is 4.74 Å². The molecule has 1 aliphatic carbocycles. The van der Waals surface area contributed by atoms with E-state index in [9.17, 15) is 14.7 Å². The summed E-state index contributed by atoms with van der Waals surface area (Å²) in [4.78, 5) is 28.4. The van der Waals surface area contributed by atoms with Crippen molar-refractivity contribution in [2.45, 2.75) is 38.7 Å². The van der Waals surface area contributed by atoms with E-state index in [1.165, 1.54) is 4.90 Å². The molecule has 2 amide bonds. The Morgan fingerprint density at radius 1 is 0.976 bits per heavy atom. The van der Waals surface area contributed by atoms with Crippen LogP contribution in [0.1, 0.15) is 43.7 Å². The summed E-state index contributed by atoms with van der Waals surface area (Å²) in [5.74, 6) is 0.0950. The van der Waals surface area contributed by atoms with Crippen LogP contribution in [0.4, 0.5) is 0 Å². The highest BCUT2D eigenvalue weighted by atomic mass is 16.5. The van der Waals surface area contributed by atoms with Crippen LogP contribution in [0.2, 0.25) is 0 Å². The number of phenolic OH excluding ortho intramolecular Hbond substituents is 1. The molecule has 6 heteroatoms. The third-order valence-electron chi connectivity index (χ3n) is 8.73. The lowest BCUT2D eigenvalue weighted by atomic mass is 9.69. The predicted molar refractivity (Wildman–Crippen MR) is 162 cm³/mol. The van der Waals surface area contributed by atoms with Gasteiger partial charge in [-0.05, 0) is 77.8 Å². The van der Waals surface area contributed by atoms with Gasteiger partial charge in [0.25, 0.3) is 0 Å². The molecule has 3 aromatic rings. The first-order valence-electron chi connectivity index (χ1n) is 14.9. The number of ether oxygens (including phenoxy) is 2. The number of hydrogen-bond donors (Lipinski definition) is 1. The number of aromatic hydroxyl groups is 1. The molecule has 2 fully saturated rings. The number of fused-ring (bicyclic) bond motifs is 3. The molecule has 0 unspecified atom stereocenters. The van der Waals surface area contributed by atoms with Gasteiger partial charge in [0.05, 0.1) is 24.5 Å². The maximum atomic E-state index is 13.5. The topological polar surface area (TPSA) is 76.1 Å². The fraction of sp³-hybridized carbons (Fsp3) is 0.333. The van der Waals surface area contributed by atoms with E-state index in [4.69, 9.17) is 9.47 Å². The number of carbonyl (C=O) groups excluding carboxylic acids is 2. The molecule has 0 aromatic heterocycles. The van der Waals surface area contributed by atoms with Crippen molar-refractivity contribution in [3.05, 3.63) is 107 Å². The number of phenols is 1. The molecule has 4 atom stereocenters. The summed E-state index contributed by atoms with van der Waals surface area (Å²) in [5.41, 5.74) is 5.43. The van der Waals surface area contributed by atoms with Crippen molar-refractivity contribution in [2.24, 2.45) is 17.8 Å². The second kappa shape index (κ2) is 12.4. The molecule has 216 valence electrons. The third-order valence-corrected chi connectivity index (χ3v) is 8.73. The first-order valence-corrected chi connectivity index (χ1v) is 14.9. The van der Waals surface area contributed by atoms with E-state index in [1.54, 1.807) is 12.1 Å². The first kappa shape index (κ1) is 28.0. The van der Waals surface area contributed by atoms with Gasteiger partial charge in [0, 0.05) is 12.5 Å². The molecule has 2 heterocycles. The minimum absolute atomic E-state index is 0.0459. The van der Waals surface area contributed by atoms with E-state index >= 15 is 0 Å². The van der Waals surface area contributed by atoms with Gasteiger partial charge in [-0.1, -0.05) is 73.7 Å². The normalized spacial score (nSPS) is 23.7. The van der Waals surface area contributed by atoms with Crippen molar-refractivity contribution < 1.29 is 24.2 Å². The minimum atomic E-state index is -0.360. The fourth-order valence-electron chi connectivity index (χ4n) is 6.86. The maximum Gasteiger partial charge on any atom is 0.233 e. The van der Waals surface area contributed by atoms with Gasteiger partial charge >= 0.3 is 0 Å². The zero-order chi connectivity index (χ0) is 29.1. The number of rotatable bonds is 10. The number of para-hydroxylation sites is 1. The molecule has 2 saturated heterocycles. The summed E-state index contributed by atoms with van der Waals surface area (Å²) >= 11 is 0. The summed E-state index contributed by atoms with van der Waals surface area (Å²) in [7, 11) is 0. The van der Waals surface area contributed by atoms with Gasteiger partial charge in [0.15, 0.2) is 0 Å². The van der Waals surface area contributed by atoms with Crippen LogP contribution in [0, 0.1) is 17.8 Å². The zero-order valence-corrected chi connectivity index (χ0v) is 23.9. The lowest BCUT2D eigenvalue weighted by Crippen LogP contribution is -2.35. The molecule has 0 radical (unpaired) electrons. The van der Waals surface area contributed by atoms with Crippen molar-refractivity contribution in [1.82, 2.24) is 4.90 Å². The van der Waals surface area contributed by atoms with Crippen LogP contribution in [0.25, 0.3) is 11.6 Å². The number of nitrogens with zero attached hydrogens (tertiary/aromatic N) is 1. The first-order chi connectivity index (χ1) is 20.5. The van der Waals surface area contributed by atoms with Gasteiger partial charge in [-0.2, -0.15) is 0 Å². The number of amides is 2. The standard InChI is InChI=1S/C36H37NO5/c1-2-18-37-35(39)30-21-27(22-41-29-14-7-4-8-15-29)33-31(34(30)36(37)40)23-42-32(33)17-16-26(25-11-5-3-6-12-25)19-24-10-9-13-28(38)20-24/h3-15,19-20,30-32,34,38H,2,16-18,21-23H2,1H3/b26-19-/t30-,31+,32-,34-/m1/s1. The van der Waals surface area contributed by atoms with Crippen LogP contribution in [-0.4, -0.2) is 47.7 Å². The fourth-order valence-corrected chi connectivity index (χ4v) is 6.86. The number of imide groups is 1. The van der Waals surface area contributed by atoms with Crippen LogP contribution in [0.15, 0.2) is 96.1 Å². The van der Waals surface area contributed by atoms with E-state index in [1.807, 2.05) is 67.6 Å². The Morgan fingerprint density at radius 2 is 1.74 bits per heavy atom. The van der Waals surface area contributed by atoms with Gasteiger partial charge in [-0.3, -0.25) is 14.5 Å². The van der Waals surface area contributed by atoms with Crippen molar-refractivity contribution in [3.63, 3.8) is 0 Å². The molecule has 42 heavy (non-hydrogen) atoms. The van der Waals surface area contributed by atoms with Crippen molar-refractivity contribution in [1.29, 1.82) is 0 Å². The summed E-state index contributed by atoms with van der Waals surface area (Å²) in [6.45, 7) is 3.27. The molecule has 0 spiro atoms. The quantitative estimate of drug-likeness (QED) is 0.173. The summed E-state index contributed by atoms with van der Waals surface area (Å²) in [6, 6.07) is 27.2. The highest BCUT2D eigenvalue weighted by Gasteiger charge is 2.56. The number of allylic oxidation sites excluding steroid dienone is 1. The highest BCUT2D eigenvalue weighted by molar-refractivity contribution is 6.06. The predicted octanol–water partition coefficient (Wildman–Crippen LogP) is 6.52. The van der Waals surface area contributed by atoms with Gasteiger partial charge in [-0.15, -0.1) is 0 Å². The lowest BCUT2D eigenvalue weighted by Gasteiger charge is -2.32. The monoisotopic (exact) mass is 563 g/mol. The maximum absolute atomic E-state index is 13.5. The van der Waals surface area contributed by atoms with E-state index < -0.39 is 0 Å². The average molecular weight is 564 g/mol. The van der Waals surface area contributed by atoms with Crippen LogP contribution >= 0.6 is 0 Å². The van der Waals surface area contributed by atoms with E-state index in [-0.39, 0.29) is 41.4 Å². The largest absolute Gasteiger partial charge is 0.508 e. The van der Waals surface area contributed by atoms with E-state index in [0.717, 1.165) is 52.9 Å². The van der Waals surface area contributed by atoms with E-state index in [0.29, 0.717) is 26.2 Å². The van der Waals surface area contributed by atoms with Gasteiger partial charge < -0.3 is 14.6 Å². The SMILES string of the molecule is CCCN1C(=O)[C@@H]2[C@@H](CC(COc3ccccc3)=C3[C@@H](CC/C(=C/c4cccc(O)c4)c4ccccc4)OC[C@@H]32)C1=O. The molecule has 6 rings (SSSR count). The molecular weight excluding hydrogens is 526 g/mol. The molecule has 6 nitrogen and oxygen atoms in total. The van der Waals surface area contributed by atoms with Crippen LogP contribution in [0.3, 0.4) is 0 Å². The Hall–Kier alpha value is -4.16. The average Bonchev–Trinajstić information content (AvgIpc) is 3.54. The molecule has 0 saturated carbocycles. The summed E-state index contributed by atoms with van der Waals surface area (Å²) in [5, 5.41) is 10.0. The van der Waals surface area contributed by atoms with Gasteiger partial charge in [0.1, 0.15) is 18.1 Å². The molecular formula is C36H37NO5. The van der Waals surface area contributed by atoms with Gasteiger partial charge in [-0.25, -0.2) is 0 Å². The smallest absolute Gasteiger partial charge is 0.233 e. The molecule has 3 aliphatic rings. The van der Waals surface area contributed by atoms with E-state index in [2.05, 4.69) is 18.2 Å². The van der Waals surface area contributed by atoms with Crippen LogP contribution in [-0.2, 0) is 14.3 Å². The Labute approximate surface area is 247 Å². The molecule has 0 bridgehead atoms. The van der Waals surface area contributed by atoms with Crippen molar-refractivity contribution in [2.75, 3.05) is 19.8 Å². The Kier molecular flexibility index (Phi) is 8.24. The zero-order valence-electron chi connectivity index (χ0n) is 23.9. The number of benzene rings is 3. The van der Waals surface area contributed by atoms with Crippen molar-refractivity contribution >= 4 is 23.5 Å².